The van der Waals surface area contributed by atoms with Crippen LogP contribution in [0.3, 0.4) is 0 Å². The standard InChI is InChI=1S/C24H32N4O2/c1-19-9-11-20(12-10-19)25-24(29)28-13-5-6-21(18-28)26-14-16-27(17-15-26)22-7-3-4-8-23(22)30-2/h3-4,7-12,21H,5-6,13-18H2,1-2H3,(H,25,29). The van der Waals surface area contributed by atoms with Gasteiger partial charge in [0, 0.05) is 51.0 Å². The second-order valence-electron chi connectivity index (χ2n) is 8.23. The molecule has 2 fully saturated rings. The minimum absolute atomic E-state index is 0.0104. The molecule has 30 heavy (non-hydrogen) atoms. The Bertz CT molecular complexity index is 847. The highest BCUT2D eigenvalue weighted by molar-refractivity contribution is 5.89. The highest BCUT2D eigenvalue weighted by Gasteiger charge is 2.30. The van der Waals surface area contributed by atoms with Gasteiger partial charge in [-0.15, -0.1) is 0 Å². The second kappa shape index (κ2) is 9.39. The van der Waals surface area contributed by atoms with E-state index in [1.165, 1.54) is 11.3 Å². The number of para-hydroxylation sites is 2. The number of amides is 2. The fraction of sp³-hybridized carbons (Fsp3) is 0.458. The van der Waals surface area contributed by atoms with Crippen LogP contribution in [-0.2, 0) is 0 Å². The Morgan fingerprint density at radius 2 is 1.73 bits per heavy atom. The predicted octanol–water partition coefficient (Wildman–Crippen LogP) is 3.82. The summed E-state index contributed by atoms with van der Waals surface area (Å²) < 4.78 is 5.53. The molecule has 2 aliphatic heterocycles. The first-order valence-electron chi connectivity index (χ1n) is 10.9. The summed E-state index contributed by atoms with van der Waals surface area (Å²) in [6.45, 7) is 7.65. The Labute approximate surface area is 179 Å². The Morgan fingerprint density at radius 1 is 1.00 bits per heavy atom. The van der Waals surface area contributed by atoms with Crippen LogP contribution in [0.5, 0.6) is 5.75 Å². The van der Waals surface area contributed by atoms with E-state index in [-0.39, 0.29) is 6.03 Å². The van der Waals surface area contributed by atoms with E-state index in [2.05, 4.69) is 34.2 Å². The molecule has 6 nitrogen and oxygen atoms in total. The molecule has 0 aliphatic carbocycles. The minimum atomic E-state index is 0.0104. The van der Waals surface area contributed by atoms with Gasteiger partial charge in [0.25, 0.3) is 0 Å². The number of methoxy groups -OCH3 is 1. The average molecular weight is 409 g/mol. The number of rotatable bonds is 4. The summed E-state index contributed by atoms with van der Waals surface area (Å²) in [6.07, 6.45) is 2.21. The number of likely N-dealkylation sites (tertiary alicyclic amines) is 1. The van der Waals surface area contributed by atoms with E-state index in [4.69, 9.17) is 4.74 Å². The second-order valence-corrected chi connectivity index (χ2v) is 8.23. The molecule has 1 N–H and O–H groups in total. The van der Waals surface area contributed by atoms with E-state index in [1.807, 2.05) is 41.3 Å². The van der Waals surface area contributed by atoms with Gasteiger partial charge in [-0.3, -0.25) is 4.90 Å². The molecule has 4 rings (SSSR count). The number of piperidine rings is 1. The minimum Gasteiger partial charge on any atom is -0.495 e. The van der Waals surface area contributed by atoms with Gasteiger partial charge in [-0.1, -0.05) is 29.8 Å². The van der Waals surface area contributed by atoms with Gasteiger partial charge in [-0.2, -0.15) is 0 Å². The number of hydrogen-bond donors (Lipinski definition) is 1. The normalized spacial score (nSPS) is 20.1. The van der Waals surface area contributed by atoms with Crippen molar-refractivity contribution in [2.24, 2.45) is 0 Å². The van der Waals surface area contributed by atoms with Crippen molar-refractivity contribution in [3.63, 3.8) is 0 Å². The lowest BCUT2D eigenvalue weighted by Gasteiger charge is -2.44. The Hall–Kier alpha value is -2.73. The first-order valence-corrected chi connectivity index (χ1v) is 10.9. The van der Waals surface area contributed by atoms with E-state index >= 15 is 0 Å². The van der Waals surface area contributed by atoms with Crippen LogP contribution >= 0.6 is 0 Å². The number of ether oxygens (including phenoxy) is 1. The number of aryl methyl sites for hydroxylation is 1. The molecule has 6 heteroatoms. The lowest BCUT2D eigenvalue weighted by molar-refractivity contribution is 0.108. The van der Waals surface area contributed by atoms with Crippen LogP contribution in [0.1, 0.15) is 18.4 Å². The zero-order valence-electron chi connectivity index (χ0n) is 18.0. The third kappa shape index (κ3) is 4.70. The van der Waals surface area contributed by atoms with Crippen molar-refractivity contribution >= 4 is 17.4 Å². The third-order valence-corrected chi connectivity index (χ3v) is 6.24. The van der Waals surface area contributed by atoms with E-state index < -0.39 is 0 Å². The van der Waals surface area contributed by atoms with Crippen LogP contribution in [0.4, 0.5) is 16.2 Å². The van der Waals surface area contributed by atoms with Crippen LogP contribution in [0.15, 0.2) is 48.5 Å². The van der Waals surface area contributed by atoms with Gasteiger partial charge >= 0.3 is 6.03 Å². The topological polar surface area (TPSA) is 48.1 Å². The van der Waals surface area contributed by atoms with Crippen LogP contribution < -0.4 is 15.0 Å². The summed E-state index contributed by atoms with van der Waals surface area (Å²) in [5, 5.41) is 3.05. The number of piperazine rings is 1. The molecule has 1 unspecified atom stereocenters. The Kier molecular flexibility index (Phi) is 6.43. The van der Waals surface area contributed by atoms with Crippen LogP contribution in [0.25, 0.3) is 0 Å². The zero-order chi connectivity index (χ0) is 20.9. The molecule has 2 heterocycles. The van der Waals surface area contributed by atoms with Gasteiger partial charge in [0.1, 0.15) is 5.75 Å². The van der Waals surface area contributed by atoms with Crippen LogP contribution in [0.2, 0.25) is 0 Å². The lowest BCUT2D eigenvalue weighted by atomic mass is 10.0. The molecule has 1 atom stereocenters. The fourth-order valence-electron chi connectivity index (χ4n) is 4.50. The molecule has 160 valence electrons. The quantitative estimate of drug-likeness (QED) is 0.836. The lowest BCUT2D eigenvalue weighted by Crippen LogP contribution is -2.56. The van der Waals surface area contributed by atoms with Gasteiger partial charge in [0.2, 0.25) is 0 Å². The smallest absolute Gasteiger partial charge is 0.321 e. The molecule has 2 aromatic carbocycles. The largest absolute Gasteiger partial charge is 0.495 e. The van der Waals surface area contributed by atoms with E-state index in [0.29, 0.717) is 6.04 Å². The van der Waals surface area contributed by atoms with Crippen molar-refractivity contribution in [3.05, 3.63) is 54.1 Å². The number of carbonyl (C=O) groups excluding carboxylic acids is 1. The molecule has 0 bridgehead atoms. The Balaban J connectivity index is 1.32. The predicted molar refractivity (Wildman–Crippen MR) is 122 cm³/mol. The van der Waals surface area contributed by atoms with Gasteiger partial charge < -0.3 is 19.9 Å². The van der Waals surface area contributed by atoms with Crippen molar-refractivity contribution in [2.45, 2.75) is 25.8 Å². The number of nitrogens with zero attached hydrogens (tertiary/aromatic N) is 3. The Morgan fingerprint density at radius 3 is 2.47 bits per heavy atom. The van der Waals surface area contributed by atoms with E-state index in [0.717, 1.165) is 63.5 Å². The number of anilines is 2. The maximum atomic E-state index is 12.8. The van der Waals surface area contributed by atoms with Gasteiger partial charge in [0.05, 0.1) is 12.8 Å². The summed E-state index contributed by atoms with van der Waals surface area (Å²) in [4.78, 5) is 19.7. The van der Waals surface area contributed by atoms with Gasteiger partial charge in [-0.05, 0) is 44.0 Å². The SMILES string of the molecule is COc1ccccc1N1CCN(C2CCCN(C(=O)Nc3ccc(C)cc3)C2)CC1. The number of benzene rings is 2. The molecular formula is C24H32N4O2. The third-order valence-electron chi connectivity index (χ3n) is 6.24. The molecule has 2 amide bonds. The number of hydrogen-bond acceptors (Lipinski definition) is 4. The zero-order valence-corrected chi connectivity index (χ0v) is 18.0. The summed E-state index contributed by atoms with van der Waals surface area (Å²) >= 11 is 0. The van der Waals surface area contributed by atoms with Crippen molar-refractivity contribution in [1.29, 1.82) is 0 Å². The monoisotopic (exact) mass is 408 g/mol. The number of carbonyl (C=O) groups is 1. The highest BCUT2D eigenvalue weighted by Crippen LogP contribution is 2.29. The summed E-state index contributed by atoms with van der Waals surface area (Å²) in [7, 11) is 1.73. The molecule has 2 aromatic rings. The first-order chi connectivity index (χ1) is 14.6. The van der Waals surface area contributed by atoms with E-state index in [1.54, 1.807) is 7.11 Å². The average Bonchev–Trinajstić information content (AvgIpc) is 2.80. The maximum Gasteiger partial charge on any atom is 0.321 e. The van der Waals surface area contributed by atoms with Gasteiger partial charge in [-0.25, -0.2) is 4.79 Å². The molecular weight excluding hydrogens is 376 g/mol. The molecule has 0 radical (unpaired) electrons. The maximum absolute atomic E-state index is 12.8. The van der Waals surface area contributed by atoms with Crippen LogP contribution in [0, 0.1) is 6.92 Å². The summed E-state index contributed by atoms with van der Waals surface area (Å²) in [6, 6.07) is 16.6. The first kappa shape index (κ1) is 20.5. The van der Waals surface area contributed by atoms with Crippen molar-refractivity contribution in [3.8, 4) is 5.75 Å². The van der Waals surface area contributed by atoms with Crippen molar-refractivity contribution in [2.75, 3.05) is 56.6 Å². The van der Waals surface area contributed by atoms with Gasteiger partial charge in [0.15, 0.2) is 0 Å². The number of urea groups is 1. The molecule has 2 aliphatic rings. The summed E-state index contributed by atoms with van der Waals surface area (Å²) in [5.74, 6) is 0.933. The number of nitrogens with one attached hydrogen (secondary N) is 1. The fourth-order valence-corrected chi connectivity index (χ4v) is 4.50. The molecule has 0 saturated carbocycles. The molecule has 2 saturated heterocycles. The van der Waals surface area contributed by atoms with E-state index in [9.17, 15) is 4.79 Å². The van der Waals surface area contributed by atoms with Crippen LogP contribution in [-0.4, -0.2) is 68.3 Å². The van der Waals surface area contributed by atoms with Crippen molar-refractivity contribution < 1.29 is 9.53 Å². The van der Waals surface area contributed by atoms with Crippen molar-refractivity contribution in [1.82, 2.24) is 9.80 Å². The summed E-state index contributed by atoms with van der Waals surface area (Å²) in [5.41, 5.74) is 3.22. The highest BCUT2D eigenvalue weighted by atomic mass is 16.5. The molecule has 0 spiro atoms. The molecule has 0 aromatic heterocycles.